The van der Waals surface area contributed by atoms with Crippen molar-refractivity contribution in [1.82, 2.24) is 15.5 Å². The minimum atomic E-state index is 0.115. The molecule has 0 unspecified atom stereocenters. The average Bonchev–Trinajstić information content (AvgIpc) is 2.87. The zero-order valence-corrected chi connectivity index (χ0v) is 13.7. The molecule has 106 valence electrons. The van der Waals surface area contributed by atoms with E-state index >= 15 is 0 Å². The number of nitrogens with one attached hydrogen (secondary N) is 1. The molecule has 0 saturated heterocycles. The van der Waals surface area contributed by atoms with E-state index in [9.17, 15) is 4.79 Å². The quantitative estimate of drug-likeness (QED) is 0.846. The first-order valence-corrected chi connectivity index (χ1v) is 9.51. The maximum atomic E-state index is 11.9. The predicted octanol–water partition coefficient (Wildman–Crippen LogP) is 3.05. The third-order valence-corrected chi connectivity index (χ3v) is 6.38. The first-order chi connectivity index (χ1) is 9.19. The van der Waals surface area contributed by atoms with Crippen molar-refractivity contribution in [2.24, 2.45) is 5.92 Å². The summed E-state index contributed by atoms with van der Waals surface area (Å²) in [5, 5.41) is 11.2. The molecule has 2 rings (SSSR count). The molecule has 1 aromatic heterocycles. The molecule has 1 saturated carbocycles. The lowest BCUT2D eigenvalue weighted by molar-refractivity contribution is -0.119. The smallest absolute Gasteiger partial charge is 0.230 e. The second-order valence-electron chi connectivity index (χ2n) is 4.76. The standard InChI is InChI=1S/C12H19N3OS3/c1-8-5-3-4-6-9(8)13-10(16)7-18-12-15-14-11(17-2)19-12/h8-9H,3-7H2,1-2H3,(H,13,16)/t8-,9-/m1/s1. The highest BCUT2D eigenvalue weighted by Crippen LogP contribution is 2.27. The molecule has 1 aliphatic carbocycles. The minimum absolute atomic E-state index is 0.115. The summed E-state index contributed by atoms with van der Waals surface area (Å²) in [5.74, 6) is 1.16. The molecule has 0 bridgehead atoms. The maximum absolute atomic E-state index is 11.9. The molecule has 1 heterocycles. The summed E-state index contributed by atoms with van der Waals surface area (Å²) < 4.78 is 1.82. The second-order valence-corrected chi connectivity index (χ2v) is 8.02. The van der Waals surface area contributed by atoms with Crippen LogP contribution in [0.2, 0.25) is 0 Å². The van der Waals surface area contributed by atoms with Crippen molar-refractivity contribution in [2.75, 3.05) is 12.0 Å². The van der Waals surface area contributed by atoms with Crippen LogP contribution >= 0.6 is 34.9 Å². The summed E-state index contributed by atoms with van der Waals surface area (Å²) >= 11 is 4.60. The van der Waals surface area contributed by atoms with Crippen LogP contribution in [0.15, 0.2) is 8.68 Å². The van der Waals surface area contributed by atoms with Crippen LogP contribution in [0.5, 0.6) is 0 Å². The number of rotatable bonds is 5. The van der Waals surface area contributed by atoms with Crippen LogP contribution in [0.4, 0.5) is 0 Å². The number of thioether (sulfide) groups is 2. The molecule has 19 heavy (non-hydrogen) atoms. The van der Waals surface area contributed by atoms with E-state index in [1.165, 1.54) is 31.0 Å². The highest BCUT2D eigenvalue weighted by Gasteiger charge is 2.22. The molecule has 0 spiro atoms. The lowest BCUT2D eigenvalue weighted by Gasteiger charge is -2.29. The van der Waals surface area contributed by atoms with E-state index < -0.39 is 0 Å². The zero-order chi connectivity index (χ0) is 13.7. The van der Waals surface area contributed by atoms with Gasteiger partial charge in [-0.05, 0) is 25.0 Å². The Morgan fingerprint density at radius 1 is 1.37 bits per heavy atom. The minimum Gasteiger partial charge on any atom is -0.352 e. The van der Waals surface area contributed by atoms with Crippen molar-refractivity contribution in [3.63, 3.8) is 0 Å². The summed E-state index contributed by atoms with van der Waals surface area (Å²) in [7, 11) is 0. The molecule has 1 aliphatic rings. The Bertz CT molecular complexity index is 424. The van der Waals surface area contributed by atoms with Crippen molar-refractivity contribution in [1.29, 1.82) is 0 Å². The topological polar surface area (TPSA) is 54.9 Å². The molecule has 1 fully saturated rings. The van der Waals surface area contributed by atoms with E-state index in [4.69, 9.17) is 0 Å². The lowest BCUT2D eigenvalue weighted by atomic mass is 9.86. The van der Waals surface area contributed by atoms with Gasteiger partial charge in [0.15, 0.2) is 8.68 Å². The maximum Gasteiger partial charge on any atom is 0.230 e. The Labute approximate surface area is 126 Å². The monoisotopic (exact) mass is 317 g/mol. The number of hydrogen-bond donors (Lipinski definition) is 1. The Hall–Kier alpha value is -0.270. The van der Waals surface area contributed by atoms with Crippen molar-refractivity contribution >= 4 is 40.8 Å². The van der Waals surface area contributed by atoms with Gasteiger partial charge in [0.05, 0.1) is 5.75 Å². The first kappa shape index (κ1) is 15.1. The average molecular weight is 318 g/mol. The number of amides is 1. The van der Waals surface area contributed by atoms with Crippen LogP contribution in [-0.2, 0) is 4.79 Å². The number of hydrogen-bond acceptors (Lipinski definition) is 6. The van der Waals surface area contributed by atoms with Crippen LogP contribution in [0.25, 0.3) is 0 Å². The van der Waals surface area contributed by atoms with E-state index in [1.54, 1.807) is 23.1 Å². The summed E-state index contributed by atoms with van der Waals surface area (Å²) in [6, 6.07) is 0.359. The molecule has 0 aliphatic heterocycles. The molecule has 4 nitrogen and oxygen atoms in total. The molecular weight excluding hydrogens is 298 g/mol. The fourth-order valence-electron chi connectivity index (χ4n) is 2.24. The highest BCUT2D eigenvalue weighted by molar-refractivity contribution is 8.03. The molecule has 0 aromatic carbocycles. The predicted molar refractivity (Wildman–Crippen MR) is 82.0 cm³/mol. The van der Waals surface area contributed by atoms with Gasteiger partial charge in [-0.15, -0.1) is 10.2 Å². The van der Waals surface area contributed by atoms with E-state index in [-0.39, 0.29) is 5.91 Å². The molecule has 1 aromatic rings. The van der Waals surface area contributed by atoms with Crippen LogP contribution in [0, 0.1) is 5.92 Å². The fourth-order valence-corrected chi connectivity index (χ4v) is 4.49. The zero-order valence-electron chi connectivity index (χ0n) is 11.2. The van der Waals surface area contributed by atoms with E-state index in [1.807, 2.05) is 6.26 Å². The van der Waals surface area contributed by atoms with Gasteiger partial charge in [0.25, 0.3) is 0 Å². The molecule has 1 amide bonds. The van der Waals surface area contributed by atoms with Crippen LogP contribution in [0.3, 0.4) is 0 Å². The third kappa shape index (κ3) is 4.65. The molecule has 2 atom stereocenters. The Kier molecular flexibility index (Phi) is 5.97. The Balaban J connectivity index is 1.74. The number of carbonyl (C=O) groups excluding carboxylic acids is 1. The first-order valence-electron chi connectivity index (χ1n) is 6.48. The van der Waals surface area contributed by atoms with Gasteiger partial charge in [0.2, 0.25) is 5.91 Å². The summed E-state index contributed by atoms with van der Waals surface area (Å²) in [5.41, 5.74) is 0. The second kappa shape index (κ2) is 7.50. The van der Waals surface area contributed by atoms with Crippen molar-refractivity contribution in [2.45, 2.75) is 47.3 Å². The van der Waals surface area contributed by atoms with Crippen molar-refractivity contribution in [3.05, 3.63) is 0 Å². The number of carbonyl (C=O) groups is 1. The van der Waals surface area contributed by atoms with Crippen molar-refractivity contribution < 1.29 is 4.79 Å². The SMILES string of the molecule is CSc1nnc(SCC(=O)N[C@@H]2CCCC[C@H]2C)s1. The van der Waals surface area contributed by atoms with E-state index in [0.29, 0.717) is 17.7 Å². The van der Waals surface area contributed by atoms with Gasteiger partial charge in [-0.1, -0.05) is 54.6 Å². The van der Waals surface area contributed by atoms with E-state index in [0.717, 1.165) is 15.1 Å². The van der Waals surface area contributed by atoms with Gasteiger partial charge >= 0.3 is 0 Å². The summed E-state index contributed by atoms with van der Waals surface area (Å²) in [4.78, 5) is 11.9. The van der Waals surface area contributed by atoms with E-state index in [2.05, 4.69) is 22.4 Å². The van der Waals surface area contributed by atoms with Crippen LogP contribution < -0.4 is 5.32 Å². The van der Waals surface area contributed by atoms with Gasteiger partial charge in [-0.25, -0.2) is 0 Å². The number of aromatic nitrogens is 2. The van der Waals surface area contributed by atoms with Crippen molar-refractivity contribution in [3.8, 4) is 0 Å². The van der Waals surface area contributed by atoms with Crippen LogP contribution in [0.1, 0.15) is 32.6 Å². The van der Waals surface area contributed by atoms with Gasteiger partial charge < -0.3 is 5.32 Å². The number of nitrogens with zero attached hydrogens (tertiary/aromatic N) is 2. The van der Waals surface area contributed by atoms with Gasteiger partial charge in [-0.3, -0.25) is 4.79 Å². The Morgan fingerprint density at radius 3 is 2.79 bits per heavy atom. The third-order valence-electron chi connectivity index (χ3n) is 3.35. The molecule has 0 radical (unpaired) electrons. The van der Waals surface area contributed by atoms with Gasteiger partial charge in [0, 0.05) is 6.04 Å². The normalized spacial score (nSPS) is 23.3. The van der Waals surface area contributed by atoms with Gasteiger partial charge in [-0.2, -0.15) is 0 Å². The molecule has 1 N–H and O–H groups in total. The summed E-state index contributed by atoms with van der Waals surface area (Å²) in [6.45, 7) is 2.23. The Morgan fingerprint density at radius 2 is 2.11 bits per heavy atom. The largest absolute Gasteiger partial charge is 0.352 e. The molecule has 7 heteroatoms. The fraction of sp³-hybridized carbons (Fsp3) is 0.750. The summed E-state index contributed by atoms with van der Waals surface area (Å²) in [6.07, 6.45) is 6.85. The lowest BCUT2D eigenvalue weighted by Crippen LogP contribution is -2.41. The molecular formula is C12H19N3OS3. The van der Waals surface area contributed by atoms with Gasteiger partial charge in [0.1, 0.15) is 0 Å². The van der Waals surface area contributed by atoms with Crippen LogP contribution in [-0.4, -0.2) is 34.2 Å². The highest BCUT2D eigenvalue weighted by atomic mass is 32.2.